The van der Waals surface area contributed by atoms with Gasteiger partial charge in [0.05, 0.1) is 6.10 Å². The van der Waals surface area contributed by atoms with Crippen molar-refractivity contribution in [2.75, 3.05) is 13.2 Å². The molecule has 1 aliphatic heterocycles. The molecule has 0 radical (unpaired) electrons. The molecule has 1 aromatic carbocycles. The topological polar surface area (TPSA) is 53.5 Å². The maximum atomic E-state index is 6.31. The highest BCUT2D eigenvalue weighted by atomic mass is 16.7. The molecule has 5 nitrogen and oxygen atoms in total. The van der Waals surface area contributed by atoms with Crippen LogP contribution in [0.2, 0.25) is 0 Å². The van der Waals surface area contributed by atoms with E-state index in [4.69, 9.17) is 14.2 Å². The monoisotopic (exact) mass is 524 g/mol. The molecule has 0 amide bonds. The average Bonchev–Trinajstić information content (AvgIpc) is 2.97. The van der Waals surface area contributed by atoms with Gasteiger partial charge >= 0.3 is 0 Å². The maximum absolute atomic E-state index is 6.31. The second-order valence-corrected chi connectivity index (χ2v) is 11.1. The van der Waals surface area contributed by atoms with Crippen molar-refractivity contribution < 1.29 is 14.2 Å². The normalized spacial score (nSPS) is 17.3. The summed E-state index contributed by atoms with van der Waals surface area (Å²) in [6.07, 6.45) is 22.3. The Morgan fingerprint density at radius 2 is 1.61 bits per heavy atom. The SMILES string of the molecule is CCCCCCCCCCc1cnc(-c2ccc(OCC(CC[C@@H](C)CC)O[C@@H]3CCCCO3)cc2)nc1. The number of aromatic nitrogens is 2. The Kier molecular flexibility index (Phi) is 14.7. The fourth-order valence-electron chi connectivity index (χ4n) is 4.88. The van der Waals surface area contributed by atoms with Crippen molar-refractivity contribution >= 4 is 0 Å². The Bertz CT molecular complexity index is 850. The highest BCUT2D eigenvalue weighted by Gasteiger charge is 2.21. The van der Waals surface area contributed by atoms with Gasteiger partial charge in [0.25, 0.3) is 0 Å². The van der Waals surface area contributed by atoms with E-state index in [-0.39, 0.29) is 12.4 Å². The Morgan fingerprint density at radius 1 is 0.895 bits per heavy atom. The maximum Gasteiger partial charge on any atom is 0.159 e. The zero-order chi connectivity index (χ0) is 26.8. The number of benzene rings is 1. The summed E-state index contributed by atoms with van der Waals surface area (Å²) < 4.78 is 18.3. The van der Waals surface area contributed by atoms with E-state index in [9.17, 15) is 0 Å². The van der Waals surface area contributed by atoms with E-state index in [0.29, 0.717) is 12.5 Å². The lowest BCUT2D eigenvalue weighted by Gasteiger charge is -2.28. The van der Waals surface area contributed by atoms with Crippen LogP contribution in [0.1, 0.15) is 116 Å². The van der Waals surface area contributed by atoms with Crippen LogP contribution in [0.3, 0.4) is 0 Å². The van der Waals surface area contributed by atoms with E-state index < -0.39 is 0 Å². The van der Waals surface area contributed by atoms with Gasteiger partial charge in [-0.2, -0.15) is 0 Å². The van der Waals surface area contributed by atoms with Crippen LogP contribution in [0.4, 0.5) is 0 Å². The smallest absolute Gasteiger partial charge is 0.159 e. The standard InChI is InChI=1S/C33H52N2O3/c1-4-6-7-8-9-10-11-12-15-28-24-34-33(35-25-28)29-18-21-30(22-19-29)37-26-31(20-17-27(3)5-2)38-32-16-13-14-23-36-32/h18-19,21-22,24-25,27,31-32H,4-17,20,23,26H2,1-3H3/t27-,31?,32+/m0/s1. The van der Waals surface area contributed by atoms with Gasteiger partial charge in [0.1, 0.15) is 12.4 Å². The van der Waals surface area contributed by atoms with Gasteiger partial charge < -0.3 is 14.2 Å². The third-order valence-electron chi connectivity index (χ3n) is 7.73. The van der Waals surface area contributed by atoms with Crippen LogP contribution in [0.5, 0.6) is 5.75 Å². The zero-order valence-electron chi connectivity index (χ0n) is 24.3. The molecular weight excluding hydrogens is 472 g/mol. The highest BCUT2D eigenvalue weighted by Crippen LogP contribution is 2.23. The molecule has 212 valence electrons. The van der Waals surface area contributed by atoms with E-state index in [1.54, 1.807) is 0 Å². The van der Waals surface area contributed by atoms with Crippen molar-refractivity contribution in [2.45, 2.75) is 129 Å². The molecule has 1 aromatic heterocycles. The first kappa shape index (κ1) is 30.6. The lowest BCUT2D eigenvalue weighted by molar-refractivity contribution is -0.194. The Hall–Kier alpha value is -1.98. The second kappa shape index (κ2) is 18.3. The van der Waals surface area contributed by atoms with Crippen LogP contribution in [0.25, 0.3) is 11.4 Å². The summed E-state index contributed by atoms with van der Waals surface area (Å²) in [7, 11) is 0. The molecule has 5 heteroatoms. The molecule has 38 heavy (non-hydrogen) atoms. The predicted octanol–water partition coefficient (Wildman–Crippen LogP) is 8.94. The molecule has 3 rings (SSSR count). The minimum absolute atomic E-state index is 0.0451. The van der Waals surface area contributed by atoms with Crippen molar-refractivity contribution in [3.63, 3.8) is 0 Å². The lowest BCUT2D eigenvalue weighted by Crippen LogP contribution is -2.31. The van der Waals surface area contributed by atoms with Crippen LogP contribution in [-0.4, -0.2) is 35.6 Å². The molecule has 2 aromatic rings. The van der Waals surface area contributed by atoms with Gasteiger partial charge in [-0.1, -0.05) is 72.1 Å². The van der Waals surface area contributed by atoms with Crippen molar-refractivity contribution in [1.82, 2.24) is 9.97 Å². The van der Waals surface area contributed by atoms with E-state index >= 15 is 0 Å². The Labute approximate surface area is 232 Å². The van der Waals surface area contributed by atoms with Gasteiger partial charge in [-0.3, -0.25) is 0 Å². The summed E-state index contributed by atoms with van der Waals surface area (Å²) in [6.45, 7) is 8.16. The minimum Gasteiger partial charge on any atom is -0.491 e. The Balaban J connectivity index is 1.42. The molecule has 1 fully saturated rings. The molecule has 0 saturated carbocycles. The molecule has 1 unspecified atom stereocenters. The molecule has 0 spiro atoms. The molecule has 0 aliphatic carbocycles. The molecule has 0 bridgehead atoms. The number of hydrogen-bond acceptors (Lipinski definition) is 5. The van der Waals surface area contributed by atoms with Gasteiger partial charge in [-0.15, -0.1) is 0 Å². The van der Waals surface area contributed by atoms with Gasteiger partial charge in [-0.05, 0) is 80.7 Å². The number of nitrogens with zero attached hydrogens (tertiary/aromatic N) is 2. The summed E-state index contributed by atoms with van der Waals surface area (Å²) in [5, 5.41) is 0. The molecule has 0 N–H and O–H groups in total. The van der Waals surface area contributed by atoms with Gasteiger partial charge in [0.15, 0.2) is 12.1 Å². The second-order valence-electron chi connectivity index (χ2n) is 11.1. The largest absolute Gasteiger partial charge is 0.491 e. The first-order chi connectivity index (χ1) is 18.7. The van der Waals surface area contributed by atoms with Crippen LogP contribution >= 0.6 is 0 Å². The van der Waals surface area contributed by atoms with Gasteiger partial charge in [-0.25, -0.2) is 9.97 Å². The summed E-state index contributed by atoms with van der Waals surface area (Å²) in [4.78, 5) is 9.26. The van der Waals surface area contributed by atoms with Gasteiger partial charge in [0.2, 0.25) is 0 Å². The molecular formula is C33H52N2O3. The van der Waals surface area contributed by atoms with Crippen LogP contribution < -0.4 is 4.74 Å². The van der Waals surface area contributed by atoms with Crippen LogP contribution in [-0.2, 0) is 15.9 Å². The van der Waals surface area contributed by atoms with E-state index in [2.05, 4.69) is 30.7 Å². The van der Waals surface area contributed by atoms with Crippen molar-refractivity contribution in [2.24, 2.45) is 5.92 Å². The molecule has 1 aliphatic rings. The predicted molar refractivity (Wildman–Crippen MR) is 156 cm³/mol. The number of hydrogen-bond donors (Lipinski definition) is 0. The summed E-state index contributed by atoms with van der Waals surface area (Å²) in [6, 6.07) is 8.11. The number of aryl methyl sites for hydroxylation is 1. The lowest BCUT2D eigenvalue weighted by atomic mass is 10.0. The summed E-state index contributed by atoms with van der Waals surface area (Å²) in [5.41, 5.74) is 2.24. The van der Waals surface area contributed by atoms with Crippen molar-refractivity contribution in [1.29, 1.82) is 0 Å². The Morgan fingerprint density at radius 3 is 2.26 bits per heavy atom. The zero-order valence-corrected chi connectivity index (χ0v) is 24.3. The van der Waals surface area contributed by atoms with Gasteiger partial charge in [0, 0.05) is 24.6 Å². The van der Waals surface area contributed by atoms with Crippen molar-refractivity contribution in [3.8, 4) is 17.1 Å². The molecule has 2 heterocycles. The highest BCUT2D eigenvalue weighted by molar-refractivity contribution is 5.55. The third kappa shape index (κ3) is 11.8. The molecule has 3 atom stereocenters. The number of ether oxygens (including phenoxy) is 3. The van der Waals surface area contributed by atoms with E-state index in [0.717, 1.165) is 55.8 Å². The summed E-state index contributed by atoms with van der Waals surface area (Å²) >= 11 is 0. The minimum atomic E-state index is -0.0904. The van der Waals surface area contributed by atoms with Crippen molar-refractivity contribution in [3.05, 3.63) is 42.2 Å². The van der Waals surface area contributed by atoms with E-state index in [1.807, 2.05) is 36.7 Å². The van der Waals surface area contributed by atoms with Crippen LogP contribution in [0.15, 0.2) is 36.7 Å². The number of unbranched alkanes of at least 4 members (excludes halogenated alkanes) is 7. The fraction of sp³-hybridized carbons (Fsp3) is 0.697. The average molecular weight is 525 g/mol. The fourth-order valence-corrected chi connectivity index (χ4v) is 4.88. The third-order valence-corrected chi connectivity index (χ3v) is 7.73. The first-order valence-electron chi connectivity index (χ1n) is 15.5. The number of rotatable bonds is 19. The van der Waals surface area contributed by atoms with E-state index in [1.165, 1.54) is 69.8 Å². The van der Waals surface area contributed by atoms with Crippen LogP contribution in [0, 0.1) is 5.92 Å². The quantitative estimate of drug-likeness (QED) is 0.172. The summed E-state index contributed by atoms with van der Waals surface area (Å²) in [5.74, 6) is 2.31. The first-order valence-corrected chi connectivity index (χ1v) is 15.5. The molecule has 1 saturated heterocycles.